The number of nitrogens with one attached hydrogen (secondary N) is 1. The molecular formula is C12H17N3O2. The SMILES string of the molecule is CC1(C)CNCCN1c1ccc([N+](=O)[O-])cc1. The summed E-state index contributed by atoms with van der Waals surface area (Å²) in [6.07, 6.45) is 0. The van der Waals surface area contributed by atoms with Gasteiger partial charge in [0.2, 0.25) is 0 Å². The highest BCUT2D eigenvalue weighted by Crippen LogP contribution is 2.26. The summed E-state index contributed by atoms with van der Waals surface area (Å²) >= 11 is 0. The molecule has 1 aromatic carbocycles. The molecule has 0 unspecified atom stereocenters. The summed E-state index contributed by atoms with van der Waals surface area (Å²) in [6.45, 7) is 7.12. The molecule has 1 aliphatic heterocycles. The first-order chi connectivity index (χ1) is 8.00. The molecule has 0 aromatic heterocycles. The number of benzene rings is 1. The standard InChI is InChI=1S/C12H17N3O2/c1-12(2)9-13-7-8-14(12)10-3-5-11(6-4-10)15(16)17/h3-6,13H,7-9H2,1-2H3. The quantitative estimate of drug-likeness (QED) is 0.627. The van der Waals surface area contributed by atoms with Gasteiger partial charge in [-0.25, -0.2) is 0 Å². The molecule has 1 aromatic rings. The van der Waals surface area contributed by atoms with Crippen LogP contribution < -0.4 is 10.2 Å². The molecule has 1 N–H and O–H groups in total. The van der Waals surface area contributed by atoms with Crippen LogP contribution in [0.5, 0.6) is 0 Å². The Balaban J connectivity index is 2.24. The van der Waals surface area contributed by atoms with Crippen LogP contribution in [0.3, 0.4) is 0 Å². The Morgan fingerprint density at radius 2 is 2.00 bits per heavy atom. The lowest BCUT2D eigenvalue weighted by Gasteiger charge is -2.44. The third-order valence-electron chi connectivity index (χ3n) is 3.17. The maximum atomic E-state index is 10.6. The van der Waals surface area contributed by atoms with Crippen molar-refractivity contribution >= 4 is 11.4 Å². The fourth-order valence-corrected chi connectivity index (χ4v) is 2.22. The van der Waals surface area contributed by atoms with E-state index in [-0.39, 0.29) is 16.1 Å². The number of nitrogens with zero attached hydrogens (tertiary/aromatic N) is 2. The Morgan fingerprint density at radius 3 is 2.53 bits per heavy atom. The van der Waals surface area contributed by atoms with Gasteiger partial charge in [-0.15, -0.1) is 0 Å². The van der Waals surface area contributed by atoms with Crippen LogP contribution in [0, 0.1) is 10.1 Å². The van der Waals surface area contributed by atoms with Crippen molar-refractivity contribution < 1.29 is 4.92 Å². The van der Waals surface area contributed by atoms with Gasteiger partial charge in [0.15, 0.2) is 0 Å². The van der Waals surface area contributed by atoms with Gasteiger partial charge in [0.25, 0.3) is 5.69 Å². The van der Waals surface area contributed by atoms with Crippen molar-refractivity contribution in [2.45, 2.75) is 19.4 Å². The molecule has 2 rings (SSSR count). The zero-order valence-electron chi connectivity index (χ0n) is 10.1. The number of anilines is 1. The molecule has 17 heavy (non-hydrogen) atoms. The van der Waals surface area contributed by atoms with Crippen LogP contribution in [0.15, 0.2) is 24.3 Å². The predicted molar refractivity (Wildman–Crippen MR) is 67.4 cm³/mol. The minimum Gasteiger partial charge on any atom is -0.364 e. The fourth-order valence-electron chi connectivity index (χ4n) is 2.22. The summed E-state index contributed by atoms with van der Waals surface area (Å²) < 4.78 is 0. The summed E-state index contributed by atoms with van der Waals surface area (Å²) in [5.41, 5.74) is 1.22. The van der Waals surface area contributed by atoms with E-state index < -0.39 is 0 Å². The second kappa shape index (κ2) is 4.33. The van der Waals surface area contributed by atoms with Gasteiger partial charge in [0.1, 0.15) is 0 Å². The number of hydrogen-bond acceptors (Lipinski definition) is 4. The molecule has 0 amide bonds. The monoisotopic (exact) mass is 235 g/mol. The molecule has 92 valence electrons. The molecule has 1 aliphatic rings. The Labute approximate surface area is 101 Å². The molecule has 1 saturated heterocycles. The second-order valence-electron chi connectivity index (χ2n) is 4.91. The summed E-state index contributed by atoms with van der Waals surface area (Å²) in [5, 5.41) is 14.0. The maximum absolute atomic E-state index is 10.6. The average molecular weight is 235 g/mol. The first kappa shape index (κ1) is 11.9. The molecule has 0 saturated carbocycles. The van der Waals surface area contributed by atoms with E-state index in [1.165, 1.54) is 0 Å². The first-order valence-corrected chi connectivity index (χ1v) is 5.73. The van der Waals surface area contributed by atoms with Crippen LogP contribution in [0.25, 0.3) is 0 Å². The van der Waals surface area contributed by atoms with E-state index in [0.29, 0.717) is 0 Å². The molecule has 0 atom stereocenters. The molecular weight excluding hydrogens is 218 g/mol. The van der Waals surface area contributed by atoms with E-state index in [9.17, 15) is 10.1 Å². The van der Waals surface area contributed by atoms with Gasteiger partial charge in [-0.1, -0.05) is 0 Å². The molecule has 5 heteroatoms. The van der Waals surface area contributed by atoms with Crippen molar-refractivity contribution in [1.82, 2.24) is 5.32 Å². The predicted octanol–water partition coefficient (Wildman–Crippen LogP) is 1.78. The topological polar surface area (TPSA) is 58.4 Å². The molecule has 0 bridgehead atoms. The van der Waals surface area contributed by atoms with Gasteiger partial charge in [0, 0.05) is 43.0 Å². The van der Waals surface area contributed by atoms with Crippen LogP contribution in [-0.2, 0) is 0 Å². The van der Waals surface area contributed by atoms with E-state index in [4.69, 9.17) is 0 Å². The Morgan fingerprint density at radius 1 is 1.35 bits per heavy atom. The van der Waals surface area contributed by atoms with Gasteiger partial charge in [-0.3, -0.25) is 10.1 Å². The van der Waals surface area contributed by atoms with Crippen molar-refractivity contribution in [2.24, 2.45) is 0 Å². The van der Waals surface area contributed by atoms with Gasteiger partial charge in [-0.2, -0.15) is 0 Å². The normalized spacial score (nSPS) is 19.1. The van der Waals surface area contributed by atoms with Gasteiger partial charge in [0.05, 0.1) is 4.92 Å². The molecule has 0 aliphatic carbocycles. The summed E-state index contributed by atoms with van der Waals surface area (Å²) in [4.78, 5) is 12.5. The van der Waals surface area contributed by atoms with E-state index >= 15 is 0 Å². The Kier molecular flexibility index (Phi) is 3.02. The molecule has 0 spiro atoms. The van der Waals surface area contributed by atoms with Crippen LogP contribution in [0.4, 0.5) is 11.4 Å². The molecule has 0 radical (unpaired) electrons. The van der Waals surface area contributed by atoms with Crippen molar-refractivity contribution in [3.63, 3.8) is 0 Å². The fraction of sp³-hybridized carbons (Fsp3) is 0.500. The number of nitro benzene ring substituents is 1. The highest BCUT2D eigenvalue weighted by Gasteiger charge is 2.29. The lowest BCUT2D eigenvalue weighted by molar-refractivity contribution is -0.384. The van der Waals surface area contributed by atoms with Crippen molar-refractivity contribution in [2.75, 3.05) is 24.5 Å². The largest absolute Gasteiger partial charge is 0.364 e. The van der Waals surface area contributed by atoms with E-state index in [0.717, 1.165) is 25.3 Å². The Bertz CT molecular complexity index is 414. The highest BCUT2D eigenvalue weighted by molar-refractivity contribution is 5.53. The van der Waals surface area contributed by atoms with Crippen molar-refractivity contribution in [1.29, 1.82) is 0 Å². The zero-order chi connectivity index (χ0) is 12.5. The minimum absolute atomic E-state index is 0.0361. The highest BCUT2D eigenvalue weighted by atomic mass is 16.6. The average Bonchev–Trinajstić information content (AvgIpc) is 2.28. The van der Waals surface area contributed by atoms with E-state index in [1.54, 1.807) is 12.1 Å². The summed E-state index contributed by atoms with van der Waals surface area (Å²) in [5.74, 6) is 0. The Hall–Kier alpha value is -1.62. The molecule has 1 fully saturated rings. The number of piperazine rings is 1. The number of rotatable bonds is 2. The van der Waals surface area contributed by atoms with Gasteiger partial charge < -0.3 is 10.2 Å². The smallest absolute Gasteiger partial charge is 0.269 e. The van der Waals surface area contributed by atoms with Crippen LogP contribution in [0.2, 0.25) is 0 Å². The number of non-ortho nitro benzene ring substituents is 1. The van der Waals surface area contributed by atoms with Gasteiger partial charge in [-0.05, 0) is 26.0 Å². The third kappa shape index (κ3) is 2.39. The zero-order valence-corrected chi connectivity index (χ0v) is 10.1. The third-order valence-corrected chi connectivity index (χ3v) is 3.17. The lowest BCUT2D eigenvalue weighted by Crippen LogP contribution is -2.58. The maximum Gasteiger partial charge on any atom is 0.269 e. The summed E-state index contributed by atoms with van der Waals surface area (Å²) in [6, 6.07) is 6.78. The lowest BCUT2D eigenvalue weighted by atomic mass is 9.99. The van der Waals surface area contributed by atoms with Crippen LogP contribution in [0.1, 0.15) is 13.8 Å². The van der Waals surface area contributed by atoms with Crippen LogP contribution in [-0.4, -0.2) is 30.1 Å². The molecule has 5 nitrogen and oxygen atoms in total. The molecule has 1 heterocycles. The van der Waals surface area contributed by atoms with Crippen LogP contribution >= 0.6 is 0 Å². The minimum atomic E-state index is -0.368. The summed E-state index contributed by atoms with van der Waals surface area (Å²) in [7, 11) is 0. The van der Waals surface area contributed by atoms with E-state index in [1.807, 2.05) is 12.1 Å². The van der Waals surface area contributed by atoms with Crippen molar-refractivity contribution in [3.8, 4) is 0 Å². The second-order valence-corrected chi connectivity index (χ2v) is 4.91. The number of nitro groups is 1. The van der Waals surface area contributed by atoms with Crippen molar-refractivity contribution in [3.05, 3.63) is 34.4 Å². The number of hydrogen-bond donors (Lipinski definition) is 1. The first-order valence-electron chi connectivity index (χ1n) is 5.73. The van der Waals surface area contributed by atoms with Gasteiger partial charge >= 0.3 is 0 Å². The van der Waals surface area contributed by atoms with E-state index in [2.05, 4.69) is 24.1 Å².